The molecular formula is C23H38O5Si. The number of carboxylic acid groups (broad SMARTS) is 2. The SMILES string of the molecule is Cc1cc(C)c(C(C)(C)CCO[Si](C)(C)C(C)(C)C)c(C(CC(=O)O)C(=O)O)c1. The molecule has 1 atom stereocenters. The van der Waals surface area contributed by atoms with E-state index in [0.717, 1.165) is 23.1 Å². The predicted octanol–water partition coefficient (Wildman–Crippen LogP) is 5.64. The smallest absolute Gasteiger partial charge is 0.311 e. The molecule has 0 aliphatic carbocycles. The van der Waals surface area contributed by atoms with Crippen molar-refractivity contribution in [2.45, 2.75) is 90.8 Å². The van der Waals surface area contributed by atoms with Crippen LogP contribution in [0.4, 0.5) is 0 Å². The molecule has 0 aromatic heterocycles. The Morgan fingerprint density at radius 1 is 1.07 bits per heavy atom. The van der Waals surface area contributed by atoms with E-state index in [1.54, 1.807) is 0 Å². The zero-order chi connectivity index (χ0) is 22.8. The maximum Gasteiger partial charge on any atom is 0.311 e. The first-order valence-corrected chi connectivity index (χ1v) is 13.1. The number of benzene rings is 1. The van der Waals surface area contributed by atoms with E-state index in [1.165, 1.54) is 0 Å². The minimum atomic E-state index is -1.88. The summed E-state index contributed by atoms with van der Waals surface area (Å²) >= 11 is 0. The molecule has 29 heavy (non-hydrogen) atoms. The average molecular weight is 423 g/mol. The van der Waals surface area contributed by atoms with Crippen LogP contribution in [0.5, 0.6) is 0 Å². The molecule has 0 saturated carbocycles. The van der Waals surface area contributed by atoms with E-state index in [2.05, 4.69) is 47.7 Å². The zero-order valence-corrected chi connectivity index (χ0v) is 20.5. The standard InChI is InChI=1S/C23H38O5Si/c1-15-12-16(2)20(17(13-15)18(21(26)27)14-19(24)25)23(6,7)10-11-28-29(8,9)22(3,4)5/h12-13,18H,10-11,14H2,1-9H3,(H,24,25)(H,26,27). The monoisotopic (exact) mass is 422 g/mol. The van der Waals surface area contributed by atoms with Crippen molar-refractivity contribution in [3.05, 3.63) is 34.4 Å². The Hall–Kier alpha value is -1.66. The lowest BCUT2D eigenvalue weighted by Crippen LogP contribution is -2.41. The fraction of sp³-hybridized carbons (Fsp3) is 0.652. The summed E-state index contributed by atoms with van der Waals surface area (Å²) in [5.74, 6) is -3.28. The predicted molar refractivity (Wildman–Crippen MR) is 119 cm³/mol. The van der Waals surface area contributed by atoms with Gasteiger partial charge in [0.05, 0.1) is 12.3 Å². The number of hydrogen-bond acceptors (Lipinski definition) is 3. The lowest BCUT2D eigenvalue weighted by Gasteiger charge is -2.38. The minimum Gasteiger partial charge on any atom is -0.481 e. The van der Waals surface area contributed by atoms with Gasteiger partial charge in [-0.2, -0.15) is 0 Å². The summed E-state index contributed by atoms with van der Waals surface area (Å²) in [5.41, 5.74) is 3.12. The first kappa shape index (κ1) is 25.4. The molecule has 0 bridgehead atoms. The van der Waals surface area contributed by atoms with Crippen molar-refractivity contribution in [1.82, 2.24) is 0 Å². The molecule has 0 fully saturated rings. The summed E-state index contributed by atoms with van der Waals surface area (Å²) in [6.07, 6.45) is 0.303. The fourth-order valence-electron chi connectivity index (χ4n) is 3.61. The van der Waals surface area contributed by atoms with Gasteiger partial charge < -0.3 is 14.6 Å². The lowest BCUT2D eigenvalue weighted by atomic mass is 9.73. The van der Waals surface area contributed by atoms with Crippen molar-refractivity contribution in [2.75, 3.05) is 6.61 Å². The van der Waals surface area contributed by atoms with Gasteiger partial charge in [0.2, 0.25) is 0 Å². The summed E-state index contributed by atoms with van der Waals surface area (Å²) in [7, 11) is -1.88. The first-order chi connectivity index (χ1) is 13.0. The van der Waals surface area contributed by atoms with Crippen LogP contribution >= 0.6 is 0 Å². The second kappa shape index (κ2) is 9.00. The van der Waals surface area contributed by atoms with Gasteiger partial charge >= 0.3 is 11.9 Å². The Morgan fingerprint density at radius 2 is 1.62 bits per heavy atom. The van der Waals surface area contributed by atoms with E-state index >= 15 is 0 Å². The molecule has 0 aliphatic rings. The third-order valence-electron chi connectivity index (χ3n) is 6.24. The quantitative estimate of drug-likeness (QED) is 0.503. The van der Waals surface area contributed by atoms with Gasteiger partial charge in [0.1, 0.15) is 0 Å². The number of rotatable bonds is 9. The highest BCUT2D eigenvalue weighted by Crippen LogP contribution is 2.40. The van der Waals surface area contributed by atoms with Crippen molar-refractivity contribution in [1.29, 1.82) is 0 Å². The van der Waals surface area contributed by atoms with E-state index < -0.39 is 32.6 Å². The minimum absolute atomic E-state index is 0.123. The van der Waals surface area contributed by atoms with Crippen molar-refractivity contribution in [2.24, 2.45) is 0 Å². The van der Waals surface area contributed by atoms with Crippen LogP contribution in [0.15, 0.2) is 12.1 Å². The summed E-state index contributed by atoms with van der Waals surface area (Å²) in [6, 6.07) is 3.87. The molecule has 0 spiro atoms. The Morgan fingerprint density at radius 3 is 2.07 bits per heavy atom. The highest BCUT2D eigenvalue weighted by Gasteiger charge is 2.38. The second-order valence-electron chi connectivity index (χ2n) is 10.3. The molecular weight excluding hydrogens is 384 g/mol. The molecule has 6 heteroatoms. The summed E-state index contributed by atoms with van der Waals surface area (Å²) in [6.45, 7) is 19.7. The van der Waals surface area contributed by atoms with Crippen LogP contribution in [0.2, 0.25) is 18.1 Å². The first-order valence-electron chi connectivity index (χ1n) is 10.2. The van der Waals surface area contributed by atoms with E-state index in [0.29, 0.717) is 12.2 Å². The van der Waals surface area contributed by atoms with Gasteiger partial charge in [-0.1, -0.05) is 52.3 Å². The molecule has 1 aromatic carbocycles. The van der Waals surface area contributed by atoms with Crippen LogP contribution in [0, 0.1) is 13.8 Å². The van der Waals surface area contributed by atoms with Crippen LogP contribution in [0.25, 0.3) is 0 Å². The molecule has 164 valence electrons. The zero-order valence-electron chi connectivity index (χ0n) is 19.5. The van der Waals surface area contributed by atoms with Gasteiger partial charge in [-0.25, -0.2) is 0 Å². The van der Waals surface area contributed by atoms with Gasteiger partial charge in [-0.3, -0.25) is 9.59 Å². The molecule has 1 rings (SSSR count). The Bertz CT molecular complexity index is 759. The highest BCUT2D eigenvalue weighted by molar-refractivity contribution is 6.74. The third kappa shape index (κ3) is 6.41. The molecule has 0 heterocycles. The molecule has 0 radical (unpaired) electrons. The van der Waals surface area contributed by atoms with E-state index in [9.17, 15) is 19.8 Å². The molecule has 1 aromatic rings. The lowest BCUT2D eigenvalue weighted by molar-refractivity contribution is -0.145. The normalized spacial score (nSPS) is 14.0. The van der Waals surface area contributed by atoms with Crippen LogP contribution in [0.3, 0.4) is 0 Å². The van der Waals surface area contributed by atoms with Gasteiger partial charge in [0.25, 0.3) is 0 Å². The third-order valence-corrected chi connectivity index (χ3v) is 10.8. The van der Waals surface area contributed by atoms with Gasteiger partial charge in [0.15, 0.2) is 8.32 Å². The molecule has 0 aliphatic heterocycles. The number of carboxylic acids is 2. The maximum absolute atomic E-state index is 11.9. The average Bonchev–Trinajstić information content (AvgIpc) is 2.49. The molecule has 0 saturated heterocycles. The summed E-state index contributed by atoms with van der Waals surface area (Å²) in [5, 5.41) is 19.1. The van der Waals surface area contributed by atoms with Crippen molar-refractivity contribution in [3.8, 4) is 0 Å². The number of carbonyl (C=O) groups is 2. The summed E-state index contributed by atoms with van der Waals surface area (Å²) in [4.78, 5) is 23.2. The maximum atomic E-state index is 11.9. The number of aryl methyl sites for hydroxylation is 2. The highest BCUT2D eigenvalue weighted by atomic mass is 28.4. The van der Waals surface area contributed by atoms with E-state index in [-0.39, 0.29) is 10.5 Å². The van der Waals surface area contributed by atoms with Gasteiger partial charge in [0, 0.05) is 6.61 Å². The topological polar surface area (TPSA) is 83.8 Å². The Balaban J connectivity index is 3.30. The van der Waals surface area contributed by atoms with E-state index in [1.807, 2.05) is 26.0 Å². The van der Waals surface area contributed by atoms with Crippen LogP contribution in [-0.2, 0) is 19.4 Å². The fourth-order valence-corrected chi connectivity index (χ4v) is 4.65. The van der Waals surface area contributed by atoms with Gasteiger partial charge in [-0.15, -0.1) is 0 Å². The Labute approximate surface area is 176 Å². The van der Waals surface area contributed by atoms with Crippen molar-refractivity contribution in [3.63, 3.8) is 0 Å². The molecule has 0 amide bonds. The molecule has 5 nitrogen and oxygen atoms in total. The van der Waals surface area contributed by atoms with Crippen LogP contribution in [-0.4, -0.2) is 37.1 Å². The van der Waals surface area contributed by atoms with Gasteiger partial charge in [-0.05, 0) is 60.5 Å². The largest absolute Gasteiger partial charge is 0.481 e. The van der Waals surface area contributed by atoms with Crippen molar-refractivity contribution < 1.29 is 24.2 Å². The van der Waals surface area contributed by atoms with Crippen molar-refractivity contribution >= 4 is 20.3 Å². The number of hydrogen-bond donors (Lipinski definition) is 2. The Kier molecular flexibility index (Phi) is 7.88. The summed E-state index contributed by atoms with van der Waals surface area (Å²) < 4.78 is 6.36. The molecule has 1 unspecified atom stereocenters. The second-order valence-corrected chi connectivity index (χ2v) is 15.1. The van der Waals surface area contributed by atoms with E-state index in [4.69, 9.17) is 4.43 Å². The van der Waals surface area contributed by atoms with Crippen LogP contribution < -0.4 is 0 Å². The number of aliphatic carboxylic acids is 2. The molecule has 2 N–H and O–H groups in total. The van der Waals surface area contributed by atoms with Crippen LogP contribution in [0.1, 0.15) is 75.6 Å².